The monoisotopic (exact) mass is 313 g/mol. The van der Waals surface area contributed by atoms with Crippen LogP contribution < -0.4 is 10.6 Å². The summed E-state index contributed by atoms with van der Waals surface area (Å²) in [5.41, 5.74) is 5.04. The van der Waals surface area contributed by atoms with E-state index in [1.165, 1.54) is 12.1 Å². The maximum Gasteiger partial charge on any atom is 0.315 e. The summed E-state index contributed by atoms with van der Waals surface area (Å²) in [6, 6.07) is 6.40. The van der Waals surface area contributed by atoms with Crippen LogP contribution in [0.25, 0.3) is 0 Å². The van der Waals surface area contributed by atoms with Crippen molar-refractivity contribution in [3.8, 4) is 0 Å². The van der Waals surface area contributed by atoms with Gasteiger partial charge in [0, 0.05) is 18.4 Å². The number of aryl methyl sites for hydroxylation is 3. The largest absolute Gasteiger partial charge is 0.334 e. The minimum atomic E-state index is -0.265. The second-order valence-electron chi connectivity index (χ2n) is 6.01. The highest BCUT2D eigenvalue weighted by molar-refractivity contribution is 5.74. The van der Waals surface area contributed by atoms with Crippen molar-refractivity contribution < 1.29 is 9.18 Å². The van der Waals surface area contributed by atoms with Crippen LogP contribution in [0.15, 0.2) is 30.5 Å². The van der Waals surface area contributed by atoms with Gasteiger partial charge >= 0.3 is 6.03 Å². The first-order chi connectivity index (χ1) is 11.0. The van der Waals surface area contributed by atoms with Crippen LogP contribution in [0, 0.1) is 19.7 Å². The van der Waals surface area contributed by atoms with Crippen molar-refractivity contribution in [2.24, 2.45) is 0 Å². The SMILES string of the molecule is Cc1cc(C)c(CNC(=O)NC2CCc3ccc(F)cc32)cn1. The molecule has 4 nitrogen and oxygen atoms in total. The molecule has 1 heterocycles. The number of urea groups is 1. The molecule has 0 radical (unpaired) electrons. The molecular formula is C18H20FN3O. The Morgan fingerprint density at radius 3 is 2.96 bits per heavy atom. The molecule has 0 fully saturated rings. The van der Waals surface area contributed by atoms with Gasteiger partial charge in [-0.15, -0.1) is 0 Å². The lowest BCUT2D eigenvalue weighted by molar-refractivity contribution is 0.236. The minimum Gasteiger partial charge on any atom is -0.334 e. The van der Waals surface area contributed by atoms with Crippen LogP contribution >= 0.6 is 0 Å². The topological polar surface area (TPSA) is 54.0 Å². The van der Waals surface area contributed by atoms with Gasteiger partial charge in [-0.05, 0) is 67.1 Å². The number of amides is 2. The first-order valence-electron chi connectivity index (χ1n) is 7.78. The van der Waals surface area contributed by atoms with E-state index < -0.39 is 0 Å². The number of fused-ring (bicyclic) bond motifs is 1. The van der Waals surface area contributed by atoms with E-state index in [1.54, 1.807) is 12.3 Å². The maximum absolute atomic E-state index is 13.4. The maximum atomic E-state index is 13.4. The van der Waals surface area contributed by atoms with E-state index in [0.29, 0.717) is 6.54 Å². The first kappa shape index (κ1) is 15.5. The normalized spacial score (nSPS) is 16.0. The molecule has 0 saturated carbocycles. The van der Waals surface area contributed by atoms with Gasteiger partial charge in [0.2, 0.25) is 0 Å². The van der Waals surface area contributed by atoms with Gasteiger partial charge in [0.15, 0.2) is 0 Å². The summed E-state index contributed by atoms with van der Waals surface area (Å²) in [7, 11) is 0. The Bertz CT molecular complexity index is 745. The summed E-state index contributed by atoms with van der Waals surface area (Å²) in [4.78, 5) is 16.4. The second-order valence-corrected chi connectivity index (χ2v) is 6.01. The Morgan fingerprint density at radius 1 is 1.35 bits per heavy atom. The molecule has 0 saturated heterocycles. The molecule has 120 valence electrons. The number of carbonyl (C=O) groups excluding carboxylic acids is 1. The van der Waals surface area contributed by atoms with Gasteiger partial charge in [-0.25, -0.2) is 9.18 Å². The van der Waals surface area contributed by atoms with Crippen molar-refractivity contribution in [2.45, 2.75) is 39.3 Å². The van der Waals surface area contributed by atoms with Crippen molar-refractivity contribution >= 4 is 6.03 Å². The van der Waals surface area contributed by atoms with Gasteiger partial charge < -0.3 is 10.6 Å². The third-order valence-corrected chi connectivity index (χ3v) is 4.29. The number of nitrogens with one attached hydrogen (secondary N) is 2. The molecule has 3 rings (SSSR count). The second kappa shape index (κ2) is 6.36. The smallest absolute Gasteiger partial charge is 0.315 e. The Labute approximate surface area is 135 Å². The molecule has 1 atom stereocenters. The number of rotatable bonds is 3. The van der Waals surface area contributed by atoms with Gasteiger partial charge in [0.1, 0.15) is 5.82 Å². The summed E-state index contributed by atoms with van der Waals surface area (Å²) in [5, 5.41) is 5.77. The molecule has 2 N–H and O–H groups in total. The fourth-order valence-electron chi connectivity index (χ4n) is 3.02. The summed E-state index contributed by atoms with van der Waals surface area (Å²) < 4.78 is 13.4. The van der Waals surface area contributed by atoms with Gasteiger partial charge in [-0.1, -0.05) is 6.07 Å². The number of benzene rings is 1. The van der Waals surface area contributed by atoms with Crippen LogP contribution in [0.1, 0.15) is 40.4 Å². The van der Waals surface area contributed by atoms with Gasteiger partial charge in [0.05, 0.1) is 6.04 Å². The molecular weight excluding hydrogens is 293 g/mol. The van der Waals surface area contributed by atoms with Crippen LogP contribution in [0.4, 0.5) is 9.18 Å². The standard InChI is InChI=1S/C18H20FN3O/c1-11-7-12(2)20-9-14(11)10-21-18(23)22-17-6-4-13-3-5-15(19)8-16(13)17/h3,5,7-9,17H,4,6,10H2,1-2H3,(H2,21,22,23). The van der Waals surface area contributed by atoms with Gasteiger partial charge in [0.25, 0.3) is 0 Å². The summed E-state index contributed by atoms with van der Waals surface area (Å²) >= 11 is 0. The zero-order valence-electron chi connectivity index (χ0n) is 13.3. The molecule has 1 unspecified atom stereocenters. The van der Waals surface area contributed by atoms with E-state index in [1.807, 2.05) is 19.9 Å². The van der Waals surface area contributed by atoms with Gasteiger partial charge in [-0.2, -0.15) is 0 Å². The van der Waals surface area contributed by atoms with E-state index in [2.05, 4.69) is 15.6 Å². The first-order valence-corrected chi connectivity index (χ1v) is 7.78. The number of nitrogens with zero attached hydrogens (tertiary/aromatic N) is 1. The van der Waals surface area contributed by atoms with Crippen molar-refractivity contribution in [1.82, 2.24) is 15.6 Å². The van der Waals surface area contributed by atoms with E-state index in [0.717, 1.165) is 40.8 Å². The quantitative estimate of drug-likeness (QED) is 0.913. The van der Waals surface area contributed by atoms with Crippen molar-refractivity contribution in [3.63, 3.8) is 0 Å². The number of pyridine rings is 1. The van der Waals surface area contributed by atoms with Crippen molar-refractivity contribution in [3.05, 3.63) is 64.2 Å². The fraction of sp³-hybridized carbons (Fsp3) is 0.333. The number of aromatic nitrogens is 1. The highest BCUT2D eigenvalue weighted by Gasteiger charge is 2.24. The lowest BCUT2D eigenvalue weighted by atomic mass is 10.1. The average Bonchev–Trinajstić information content (AvgIpc) is 2.88. The Balaban J connectivity index is 1.60. The van der Waals surface area contributed by atoms with Crippen molar-refractivity contribution in [1.29, 1.82) is 0 Å². The number of hydrogen-bond acceptors (Lipinski definition) is 2. The molecule has 1 aromatic carbocycles. The summed E-state index contributed by atoms with van der Waals surface area (Å²) in [6.07, 6.45) is 3.45. The Kier molecular flexibility index (Phi) is 4.28. The molecule has 0 spiro atoms. The summed E-state index contributed by atoms with van der Waals surface area (Å²) in [6.45, 7) is 4.36. The van der Waals surface area contributed by atoms with Crippen LogP contribution in [0.2, 0.25) is 0 Å². The molecule has 2 aromatic rings. The van der Waals surface area contributed by atoms with Crippen LogP contribution in [-0.2, 0) is 13.0 Å². The van der Waals surface area contributed by atoms with Crippen LogP contribution in [0.5, 0.6) is 0 Å². The molecule has 2 amide bonds. The zero-order chi connectivity index (χ0) is 16.4. The Hall–Kier alpha value is -2.43. The van der Waals surface area contributed by atoms with Gasteiger partial charge in [-0.3, -0.25) is 4.98 Å². The van der Waals surface area contributed by atoms with E-state index in [9.17, 15) is 9.18 Å². The number of halogens is 1. The molecule has 1 aliphatic carbocycles. The van der Waals surface area contributed by atoms with E-state index in [-0.39, 0.29) is 17.9 Å². The van der Waals surface area contributed by atoms with E-state index in [4.69, 9.17) is 0 Å². The molecule has 0 aliphatic heterocycles. The lowest BCUT2D eigenvalue weighted by Gasteiger charge is -2.15. The summed E-state index contributed by atoms with van der Waals surface area (Å²) in [5.74, 6) is -0.265. The predicted octanol–water partition coefficient (Wildman–Crippen LogP) is 3.32. The number of carbonyl (C=O) groups is 1. The van der Waals surface area contributed by atoms with E-state index >= 15 is 0 Å². The van der Waals surface area contributed by atoms with Crippen LogP contribution in [-0.4, -0.2) is 11.0 Å². The highest BCUT2D eigenvalue weighted by atomic mass is 19.1. The highest BCUT2D eigenvalue weighted by Crippen LogP contribution is 2.31. The molecule has 0 bridgehead atoms. The third-order valence-electron chi connectivity index (χ3n) is 4.29. The average molecular weight is 313 g/mol. The fourth-order valence-corrected chi connectivity index (χ4v) is 3.02. The Morgan fingerprint density at radius 2 is 2.17 bits per heavy atom. The van der Waals surface area contributed by atoms with Crippen LogP contribution in [0.3, 0.4) is 0 Å². The molecule has 23 heavy (non-hydrogen) atoms. The zero-order valence-corrected chi connectivity index (χ0v) is 13.3. The molecule has 1 aromatic heterocycles. The van der Waals surface area contributed by atoms with Crippen molar-refractivity contribution in [2.75, 3.05) is 0 Å². The minimum absolute atomic E-state index is 0.127. The molecule has 5 heteroatoms. The number of hydrogen-bond donors (Lipinski definition) is 2. The lowest BCUT2D eigenvalue weighted by Crippen LogP contribution is -2.37. The predicted molar refractivity (Wildman–Crippen MR) is 86.5 cm³/mol. The molecule has 1 aliphatic rings. The third kappa shape index (κ3) is 3.50.